The Kier molecular flexibility index (Phi) is 6.44. The summed E-state index contributed by atoms with van der Waals surface area (Å²) in [6, 6.07) is 13.3. The standard InChI is InChI=1S/C20H24FNO3S2/c1-15(2)25-16-7-9-17(10-8-16)27(23,24)22-12-11-20(26-14-13-22)18-5-3-4-6-19(18)21/h3-10,15,20H,11-14H2,1-2H3. The van der Waals surface area contributed by atoms with E-state index in [1.54, 1.807) is 48.2 Å². The topological polar surface area (TPSA) is 46.6 Å². The Morgan fingerprint density at radius 1 is 1.11 bits per heavy atom. The molecule has 1 atom stereocenters. The molecule has 2 aromatic rings. The predicted octanol–water partition coefficient (Wildman–Crippen LogP) is 4.48. The van der Waals surface area contributed by atoms with E-state index in [1.165, 1.54) is 10.4 Å². The van der Waals surface area contributed by atoms with Gasteiger partial charge in [-0.1, -0.05) is 18.2 Å². The predicted molar refractivity (Wildman–Crippen MR) is 107 cm³/mol. The van der Waals surface area contributed by atoms with Crippen LogP contribution in [0.1, 0.15) is 31.1 Å². The van der Waals surface area contributed by atoms with Gasteiger partial charge in [0, 0.05) is 29.7 Å². The molecule has 0 amide bonds. The SMILES string of the molecule is CC(C)Oc1ccc(S(=O)(=O)N2CCSC(c3ccccc3F)CC2)cc1. The molecule has 1 unspecified atom stereocenters. The van der Waals surface area contributed by atoms with E-state index < -0.39 is 10.0 Å². The summed E-state index contributed by atoms with van der Waals surface area (Å²) in [6.07, 6.45) is 0.615. The number of rotatable bonds is 5. The minimum absolute atomic E-state index is 0.0328. The number of sulfonamides is 1. The lowest BCUT2D eigenvalue weighted by atomic mass is 10.1. The smallest absolute Gasteiger partial charge is 0.243 e. The molecule has 27 heavy (non-hydrogen) atoms. The molecule has 0 bridgehead atoms. The van der Waals surface area contributed by atoms with Gasteiger partial charge in [0.1, 0.15) is 11.6 Å². The molecule has 0 spiro atoms. The highest BCUT2D eigenvalue weighted by molar-refractivity contribution is 7.99. The van der Waals surface area contributed by atoms with E-state index in [0.29, 0.717) is 36.6 Å². The van der Waals surface area contributed by atoms with E-state index in [-0.39, 0.29) is 22.1 Å². The molecule has 4 nitrogen and oxygen atoms in total. The van der Waals surface area contributed by atoms with Gasteiger partial charge in [0.15, 0.2) is 0 Å². The largest absolute Gasteiger partial charge is 0.491 e. The first-order valence-electron chi connectivity index (χ1n) is 9.01. The van der Waals surface area contributed by atoms with Crippen LogP contribution in [0.15, 0.2) is 53.4 Å². The second-order valence-electron chi connectivity index (χ2n) is 6.71. The molecule has 1 aliphatic heterocycles. The van der Waals surface area contributed by atoms with E-state index in [4.69, 9.17) is 4.74 Å². The van der Waals surface area contributed by atoms with Gasteiger partial charge in [0.25, 0.3) is 0 Å². The lowest BCUT2D eigenvalue weighted by Crippen LogP contribution is -2.33. The van der Waals surface area contributed by atoms with Gasteiger partial charge in [-0.2, -0.15) is 16.1 Å². The summed E-state index contributed by atoms with van der Waals surface area (Å²) in [7, 11) is -3.58. The maximum Gasteiger partial charge on any atom is 0.243 e. The van der Waals surface area contributed by atoms with Gasteiger partial charge in [-0.05, 0) is 50.6 Å². The summed E-state index contributed by atoms with van der Waals surface area (Å²) in [6.45, 7) is 4.64. The van der Waals surface area contributed by atoms with Crippen LogP contribution < -0.4 is 4.74 Å². The summed E-state index contributed by atoms with van der Waals surface area (Å²) in [4.78, 5) is 0.257. The highest BCUT2D eigenvalue weighted by Crippen LogP contribution is 2.36. The Balaban J connectivity index is 1.73. The van der Waals surface area contributed by atoms with Crippen molar-refractivity contribution in [3.8, 4) is 5.75 Å². The number of benzene rings is 2. The normalized spacial score (nSPS) is 19.0. The molecule has 0 N–H and O–H groups in total. The Hall–Kier alpha value is -1.57. The first-order chi connectivity index (χ1) is 12.9. The summed E-state index contributed by atoms with van der Waals surface area (Å²) in [5.74, 6) is 1.05. The van der Waals surface area contributed by atoms with Crippen molar-refractivity contribution >= 4 is 21.8 Å². The van der Waals surface area contributed by atoms with Gasteiger partial charge < -0.3 is 4.74 Å². The molecule has 0 radical (unpaired) electrons. The fourth-order valence-corrected chi connectivity index (χ4v) is 5.91. The van der Waals surface area contributed by atoms with Gasteiger partial charge in [-0.25, -0.2) is 12.8 Å². The molecule has 1 fully saturated rings. The van der Waals surface area contributed by atoms with Crippen molar-refractivity contribution in [3.63, 3.8) is 0 Å². The van der Waals surface area contributed by atoms with Gasteiger partial charge in [-0.3, -0.25) is 0 Å². The molecule has 1 aliphatic rings. The molecule has 0 saturated carbocycles. The second-order valence-corrected chi connectivity index (χ2v) is 9.96. The maximum atomic E-state index is 14.1. The van der Waals surface area contributed by atoms with Crippen LogP contribution >= 0.6 is 11.8 Å². The van der Waals surface area contributed by atoms with Crippen LogP contribution in [0.2, 0.25) is 0 Å². The Bertz CT molecular complexity index is 869. The maximum absolute atomic E-state index is 14.1. The van der Waals surface area contributed by atoms with E-state index in [1.807, 2.05) is 19.9 Å². The molecular formula is C20H24FNO3S2. The lowest BCUT2D eigenvalue weighted by Gasteiger charge is -2.20. The summed E-state index contributed by atoms with van der Waals surface area (Å²) < 4.78 is 47.1. The number of halogens is 1. The number of thioether (sulfide) groups is 1. The second kappa shape index (κ2) is 8.63. The molecule has 146 valence electrons. The van der Waals surface area contributed by atoms with Crippen LogP contribution in [0.25, 0.3) is 0 Å². The van der Waals surface area contributed by atoms with Crippen LogP contribution in [0.3, 0.4) is 0 Å². The molecule has 7 heteroatoms. The van der Waals surface area contributed by atoms with Crippen LogP contribution in [-0.4, -0.2) is 37.7 Å². The third-order valence-corrected chi connectivity index (χ3v) is 7.61. The van der Waals surface area contributed by atoms with Gasteiger partial charge in [0.05, 0.1) is 11.0 Å². The molecular weight excluding hydrogens is 385 g/mol. The van der Waals surface area contributed by atoms with Crippen molar-refractivity contribution in [2.75, 3.05) is 18.8 Å². The number of hydrogen-bond donors (Lipinski definition) is 0. The highest BCUT2D eigenvalue weighted by Gasteiger charge is 2.29. The number of ether oxygens (including phenoxy) is 1. The van der Waals surface area contributed by atoms with Gasteiger partial charge in [0.2, 0.25) is 10.0 Å². The van der Waals surface area contributed by atoms with Crippen molar-refractivity contribution in [1.29, 1.82) is 0 Å². The third kappa shape index (κ3) is 4.83. The van der Waals surface area contributed by atoms with Crippen molar-refractivity contribution in [3.05, 3.63) is 59.9 Å². The van der Waals surface area contributed by atoms with Crippen molar-refractivity contribution in [2.45, 2.75) is 36.5 Å². The summed E-state index contributed by atoms with van der Waals surface area (Å²) in [5, 5.41) is -0.0341. The van der Waals surface area contributed by atoms with Crippen LogP contribution in [-0.2, 0) is 10.0 Å². The van der Waals surface area contributed by atoms with E-state index >= 15 is 0 Å². The van der Waals surface area contributed by atoms with E-state index in [0.717, 1.165) is 0 Å². The average Bonchev–Trinajstić information content (AvgIpc) is 2.89. The Labute approximate surface area is 164 Å². The van der Waals surface area contributed by atoms with Gasteiger partial charge in [-0.15, -0.1) is 0 Å². The van der Waals surface area contributed by atoms with E-state index in [2.05, 4.69) is 0 Å². The average molecular weight is 410 g/mol. The van der Waals surface area contributed by atoms with Crippen LogP contribution in [0, 0.1) is 5.82 Å². The molecule has 0 aliphatic carbocycles. The zero-order valence-electron chi connectivity index (χ0n) is 15.5. The summed E-state index contributed by atoms with van der Waals surface area (Å²) >= 11 is 1.61. The quantitative estimate of drug-likeness (QED) is 0.730. The molecule has 1 saturated heterocycles. The first-order valence-corrected chi connectivity index (χ1v) is 11.5. The lowest BCUT2D eigenvalue weighted by molar-refractivity contribution is 0.242. The fraction of sp³-hybridized carbons (Fsp3) is 0.400. The highest BCUT2D eigenvalue weighted by atomic mass is 32.2. The molecule has 1 heterocycles. The summed E-state index contributed by atoms with van der Waals surface area (Å²) in [5.41, 5.74) is 0.650. The minimum Gasteiger partial charge on any atom is -0.491 e. The Morgan fingerprint density at radius 3 is 2.48 bits per heavy atom. The number of hydrogen-bond acceptors (Lipinski definition) is 4. The fourth-order valence-electron chi connectivity index (χ4n) is 3.09. The molecule has 2 aromatic carbocycles. The molecule has 0 aromatic heterocycles. The minimum atomic E-state index is -3.58. The Morgan fingerprint density at radius 2 is 1.81 bits per heavy atom. The van der Waals surface area contributed by atoms with Crippen molar-refractivity contribution in [1.82, 2.24) is 4.31 Å². The van der Waals surface area contributed by atoms with Crippen molar-refractivity contribution in [2.24, 2.45) is 0 Å². The van der Waals surface area contributed by atoms with Crippen molar-refractivity contribution < 1.29 is 17.5 Å². The van der Waals surface area contributed by atoms with E-state index in [9.17, 15) is 12.8 Å². The third-order valence-electron chi connectivity index (χ3n) is 4.39. The van der Waals surface area contributed by atoms with Crippen LogP contribution in [0.5, 0.6) is 5.75 Å². The van der Waals surface area contributed by atoms with Crippen LogP contribution in [0.4, 0.5) is 4.39 Å². The zero-order chi connectivity index (χ0) is 19.4. The first kappa shape index (κ1) is 20.2. The van der Waals surface area contributed by atoms with Gasteiger partial charge >= 0.3 is 0 Å². The zero-order valence-corrected chi connectivity index (χ0v) is 17.1. The monoisotopic (exact) mass is 409 g/mol. The molecule has 3 rings (SSSR count). The number of nitrogens with zero attached hydrogens (tertiary/aromatic N) is 1.